The molecule has 0 fully saturated rings. The number of unbranched alkanes of at least 4 members (excludes halogenated alkanes) is 3. The third-order valence-electron chi connectivity index (χ3n) is 2.00. The summed E-state index contributed by atoms with van der Waals surface area (Å²) in [5.74, 6) is 2.63. The second-order valence-electron chi connectivity index (χ2n) is 3.40. The predicted octanol–water partition coefficient (Wildman–Crippen LogP) is 1.54. The van der Waals surface area contributed by atoms with Gasteiger partial charge >= 0.3 is 0 Å². The van der Waals surface area contributed by atoms with E-state index in [4.69, 9.17) is 11.5 Å². The van der Waals surface area contributed by atoms with Crippen molar-refractivity contribution >= 4 is 0 Å². The van der Waals surface area contributed by atoms with E-state index in [9.17, 15) is 0 Å². The highest BCUT2D eigenvalue weighted by molar-refractivity contribution is 4.87. The Hall–Kier alpha value is -0.520. The zero-order chi connectivity index (χ0) is 9.94. The highest BCUT2D eigenvalue weighted by atomic mass is 16.2. The maximum absolute atomic E-state index is 8.54. The lowest BCUT2D eigenvalue weighted by Crippen LogP contribution is -2.26. The van der Waals surface area contributed by atoms with Gasteiger partial charge in [0.15, 0.2) is 0 Å². The van der Waals surface area contributed by atoms with E-state index in [-0.39, 0.29) is 0 Å². The summed E-state index contributed by atoms with van der Waals surface area (Å²) in [6.45, 7) is 3.46. The summed E-state index contributed by atoms with van der Waals surface area (Å²) in [5.41, 5.74) is 0. The molecule has 1 unspecified atom stereocenters. The van der Waals surface area contributed by atoms with Crippen LogP contribution in [0.15, 0.2) is 0 Å². The van der Waals surface area contributed by atoms with Crippen LogP contribution in [0.3, 0.4) is 0 Å². The molecule has 13 heavy (non-hydrogen) atoms. The lowest BCUT2D eigenvalue weighted by molar-refractivity contribution is 0.282. The summed E-state index contributed by atoms with van der Waals surface area (Å²) >= 11 is 0. The molecule has 0 amide bonds. The summed E-state index contributed by atoms with van der Waals surface area (Å²) in [4.78, 5) is 0. The number of hydrogen-bond donors (Lipinski definition) is 2. The molecule has 76 valence electrons. The summed E-state index contributed by atoms with van der Waals surface area (Å²) in [7, 11) is 0. The number of aliphatic hydroxyl groups is 1. The smallest absolute Gasteiger partial charge is 0.0431 e. The lowest BCUT2D eigenvalue weighted by Gasteiger charge is -2.09. The fourth-order valence-electron chi connectivity index (χ4n) is 1.19. The summed E-state index contributed by atoms with van der Waals surface area (Å²) in [6, 6.07) is 0.433. The van der Waals surface area contributed by atoms with Crippen LogP contribution in [0.4, 0.5) is 0 Å². The second kappa shape index (κ2) is 9.57. The van der Waals surface area contributed by atoms with Gasteiger partial charge in [-0.05, 0) is 26.3 Å². The normalized spacial score (nSPS) is 12.4. The molecule has 0 aliphatic carbocycles. The molecule has 0 aromatic carbocycles. The van der Waals surface area contributed by atoms with E-state index in [0.29, 0.717) is 12.6 Å². The van der Waals surface area contributed by atoms with Gasteiger partial charge in [0, 0.05) is 19.1 Å². The van der Waals surface area contributed by atoms with E-state index in [2.05, 4.69) is 18.2 Å². The number of terminal acetylenes is 1. The van der Waals surface area contributed by atoms with E-state index >= 15 is 0 Å². The fourth-order valence-corrected chi connectivity index (χ4v) is 1.19. The molecule has 1 atom stereocenters. The van der Waals surface area contributed by atoms with Crippen LogP contribution in [0.5, 0.6) is 0 Å². The van der Waals surface area contributed by atoms with Crippen molar-refractivity contribution in [3.63, 3.8) is 0 Å². The summed E-state index contributed by atoms with van der Waals surface area (Å²) in [5, 5.41) is 11.9. The molecule has 0 heterocycles. The lowest BCUT2D eigenvalue weighted by atomic mass is 10.2. The number of nitrogens with one attached hydrogen (secondary N) is 1. The number of aliphatic hydroxyl groups excluding tert-OH is 1. The predicted molar refractivity (Wildman–Crippen MR) is 56.5 cm³/mol. The van der Waals surface area contributed by atoms with E-state index in [1.807, 2.05) is 0 Å². The van der Waals surface area contributed by atoms with Crippen molar-refractivity contribution in [1.29, 1.82) is 0 Å². The average Bonchev–Trinajstić information content (AvgIpc) is 2.11. The molecule has 0 aromatic heterocycles. The molecule has 0 aliphatic heterocycles. The first-order chi connectivity index (χ1) is 6.31. The van der Waals surface area contributed by atoms with Crippen LogP contribution in [0, 0.1) is 12.3 Å². The van der Waals surface area contributed by atoms with Crippen LogP contribution in [-0.4, -0.2) is 24.3 Å². The SMILES string of the molecule is C#CCC(C)NCCCCCCO. The van der Waals surface area contributed by atoms with Crippen molar-refractivity contribution in [3.05, 3.63) is 0 Å². The largest absolute Gasteiger partial charge is 0.396 e. The van der Waals surface area contributed by atoms with Gasteiger partial charge in [0.2, 0.25) is 0 Å². The number of rotatable bonds is 8. The Morgan fingerprint density at radius 2 is 2.00 bits per heavy atom. The minimum Gasteiger partial charge on any atom is -0.396 e. The van der Waals surface area contributed by atoms with Crippen molar-refractivity contribution in [2.24, 2.45) is 0 Å². The zero-order valence-corrected chi connectivity index (χ0v) is 8.55. The molecular weight excluding hydrogens is 162 g/mol. The first-order valence-electron chi connectivity index (χ1n) is 5.09. The van der Waals surface area contributed by atoms with Crippen LogP contribution < -0.4 is 5.32 Å². The molecule has 2 heteroatoms. The third kappa shape index (κ3) is 9.39. The van der Waals surface area contributed by atoms with Crippen LogP contribution in [0.2, 0.25) is 0 Å². The molecule has 2 nitrogen and oxygen atoms in total. The Morgan fingerprint density at radius 3 is 2.62 bits per heavy atom. The van der Waals surface area contributed by atoms with Crippen molar-refractivity contribution in [1.82, 2.24) is 5.32 Å². The van der Waals surface area contributed by atoms with Gasteiger partial charge in [0.1, 0.15) is 0 Å². The highest BCUT2D eigenvalue weighted by Crippen LogP contribution is 1.98. The van der Waals surface area contributed by atoms with Crippen LogP contribution in [0.25, 0.3) is 0 Å². The molecule has 0 aliphatic rings. The maximum atomic E-state index is 8.54. The highest BCUT2D eigenvalue weighted by Gasteiger charge is 1.96. The van der Waals surface area contributed by atoms with Gasteiger partial charge in [0.05, 0.1) is 0 Å². The molecule has 0 bridgehead atoms. The Kier molecular flexibility index (Phi) is 9.18. The standard InChI is InChI=1S/C11H21NO/c1-3-8-11(2)12-9-6-4-5-7-10-13/h1,11-13H,4-10H2,2H3. The molecule has 0 saturated carbocycles. The van der Waals surface area contributed by atoms with Crippen LogP contribution >= 0.6 is 0 Å². The van der Waals surface area contributed by atoms with E-state index in [1.54, 1.807) is 0 Å². The monoisotopic (exact) mass is 183 g/mol. The van der Waals surface area contributed by atoms with Crippen molar-refractivity contribution in [2.75, 3.05) is 13.2 Å². The van der Waals surface area contributed by atoms with Crippen LogP contribution in [0.1, 0.15) is 39.0 Å². The van der Waals surface area contributed by atoms with Gasteiger partial charge < -0.3 is 10.4 Å². The maximum Gasteiger partial charge on any atom is 0.0431 e. The van der Waals surface area contributed by atoms with Gasteiger partial charge in [-0.25, -0.2) is 0 Å². The first-order valence-corrected chi connectivity index (χ1v) is 5.09. The summed E-state index contributed by atoms with van der Waals surface area (Å²) in [6.07, 6.45) is 10.4. The quantitative estimate of drug-likeness (QED) is 0.442. The minimum atomic E-state index is 0.320. The van der Waals surface area contributed by atoms with Crippen molar-refractivity contribution < 1.29 is 5.11 Å². The minimum absolute atomic E-state index is 0.320. The van der Waals surface area contributed by atoms with Gasteiger partial charge in [-0.15, -0.1) is 12.3 Å². The van der Waals surface area contributed by atoms with Crippen LogP contribution in [-0.2, 0) is 0 Å². The molecule has 0 spiro atoms. The first kappa shape index (κ1) is 12.5. The fraction of sp³-hybridized carbons (Fsp3) is 0.818. The third-order valence-corrected chi connectivity index (χ3v) is 2.00. The van der Waals surface area contributed by atoms with Crippen molar-refractivity contribution in [3.8, 4) is 12.3 Å². The molecule has 0 aromatic rings. The Bertz CT molecular complexity index is 140. The molecular formula is C11H21NO. The van der Waals surface area contributed by atoms with E-state index in [0.717, 1.165) is 25.8 Å². The Balaban J connectivity index is 3.03. The Morgan fingerprint density at radius 1 is 1.31 bits per heavy atom. The van der Waals surface area contributed by atoms with E-state index < -0.39 is 0 Å². The van der Waals surface area contributed by atoms with E-state index in [1.165, 1.54) is 12.8 Å². The van der Waals surface area contributed by atoms with Gasteiger partial charge in [-0.3, -0.25) is 0 Å². The molecule has 0 radical (unpaired) electrons. The number of hydrogen-bond acceptors (Lipinski definition) is 2. The second-order valence-corrected chi connectivity index (χ2v) is 3.40. The van der Waals surface area contributed by atoms with Gasteiger partial charge in [-0.2, -0.15) is 0 Å². The molecule has 0 rings (SSSR count). The average molecular weight is 183 g/mol. The molecule has 2 N–H and O–H groups in total. The Labute approximate surface area is 81.7 Å². The zero-order valence-electron chi connectivity index (χ0n) is 8.55. The van der Waals surface area contributed by atoms with Gasteiger partial charge in [0.25, 0.3) is 0 Å². The summed E-state index contributed by atoms with van der Waals surface area (Å²) < 4.78 is 0. The van der Waals surface area contributed by atoms with Gasteiger partial charge in [-0.1, -0.05) is 12.8 Å². The van der Waals surface area contributed by atoms with Crippen molar-refractivity contribution in [2.45, 2.75) is 45.1 Å². The molecule has 0 saturated heterocycles. The topological polar surface area (TPSA) is 32.3 Å².